The van der Waals surface area contributed by atoms with Crippen molar-refractivity contribution in [2.24, 2.45) is 5.92 Å². The van der Waals surface area contributed by atoms with Gasteiger partial charge in [0.15, 0.2) is 6.61 Å². The number of esters is 1. The Morgan fingerprint density at radius 2 is 2.00 bits per heavy atom. The van der Waals surface area contributed by atoms with E-state index in [2.05, 4.69) is 11.9 Å². The topological polar surface area (TPSA) is 81.5 Å². The number of likely N-dealkylation sites (tertiary alicyclic amines) is 1. The summed E-state index contributed by atoms with van der Waals surface area (Å²) in [6.45, 7) is 7.43. The summed E-state index contributed by atoms with van der Waals surface area (Å²) in [6, 6.07) is 0. The molecule has 8 heteroatoms. The Labute approximate surface area is 161 Å². The summed E-state index contributed by atoms with van der Waals surface area (Å²) in [5, 5.41) is 0.614. The van der Waals surface area contributed by atoms with E-state index in [0.717, 1.165) is 41.2 Å². The van der Waals surface area contributed by atoms with E-state index in [4.69, 9.17) is 4.74 Å². The molecule has 0 bridgehead atoms. The number of carbonyl (C=O) groups is 2. The Bertz CT molecular complexity index is 910. The second-order valence-electron chi connectivity index (χ2n) is 7.18. The minimum absolute atomic E-state index is 0.0274. The summed E-state index contributed by atoms with van der Waals surface area (Å²) in [5.41, 5.74) is 0.791. The average molecular weight is 391 g/mol. The van der Waals surface area contributed by atoms with E-state index in [-0.39, 0.29) is 31.0 Å². The predicted molar refractivity (Wildman–Crippen MR) is 104 cm³/mol. The molecule has 3 heterocycles. The quantitative estimate of drug-likeness (QED) is 0.731. The van der Waals surface area contributed by atoms with Crippen LogP contribution in [0.25, 0.3) is 10.2 Å². The number of hydrogen-bond donors (Lipinski definition) is 0. The summed E-state index contributed by atoms with van der Waals surface area (Å²) in [5.74, 6) is -0.00432. The molecule has 0 N–H and O–H groups in total. The minimum Gasteiger partial charge on any atom is -0.456 e. The molecule has 0 aliphatic carbocycles. The molecule has 27 heavy (non-hydrogen) atoms. The number of fused-ring (bicyclic) bond motifs is 1. The third-order valence-corrected chi connectivity index (χ3v) is 6.32. The van der Waals surface area contributed by atoms with Gasteiger partial charge >= 0.3 is 5.97 Å². The third kappa shape index (κ3) is 4.37. The molecule has 1 amide bonds. The molecule has 1 aliphatic heterocycles. The Kier molecular flexibility index (Phi) is 5.94. The van der Waals surface area contributed by atoms with E-state index in [1.165, 1.54) is 22.2 Å². The Balaban J connectivity index is 1.53. The molecule has 2 aromatic heterocycles. The van der Waals surface area contributed by atoms with Crippen LogP contribution in [0.4, 0.5) is 0 Å². The molecule has 0 spiro atoms. The highest BCUT2D eigenvalue weighted by Gasteiger charge is 2.21. The van der Waals surface area contributed by atoms with E-state index in [9.17, 15) is 14.4 Å². The fourth-order valence-corrected chi connectivity index (χ4v) is 4.19. The maximum atomic E-state index is 12.6. The maximum absolute atomic E-state index is 12.6. The van der Waals surface area contributed by atoms with Gasteiger partial charge in [-0.1, -0.05) is 6.92 Å². The highest BCUT2D eigenvalue weighted by Crippen LogP contribution is 2.25. The lowest BCUT2D eigenvalue weighted by molar-refractivity contribution is -0.152. The molecular formula is C19H25N3O4S. The summed E-state index contributed by atoms with van der Waals surface area (Å²) in [6.07, 6.45) is 3.46. The van der Waals surface area contributed by atoms with Gasteiger partial charge in [-0.15, -0.1) is 11.3 Å². The van der Waals surface area contributed by atoms with Gasteiger partial charge in [-0.25, -0.2) is 4.98 Å². The molecule has 0 radical (unpaired) electrons. The van der Waals surface area contributed by atoms with Crippen LogP contribution in [0.5, 0.6) is 0 Å². The molecule has 146 valence electrons. The van der Waals surface area contributed by atoms with E-state index in [1.807, 2.05) is 13.8 Å². The van der Waals surface area contributed by atoms with Gasteiger partial charge in [0.2, 0.25) is 0 Å². The van der Waals surface area contributed by atoms with Crippen molar-refractivity contribution < 1.29 is 14.3 Å². The number of aryl methyl sites for hydroxylation is 3. The summed E-state index contributed by atoms with van der Waals surface area (Å²) in [7, 11) is 0. The van der Waals surface area contributed by atoms with Crippen molar-refractivity contribution in [3.05, 3.63) is 27.1 Å². The Hall–Kier alpha value is -2.22. The zero-order valence-electron chi connectivity index (χ0n) is 16.0. The van der Waals surface area contributed by atoms with Crippen molar-refractivity contribution in [3.63, 3.8) is 0 Å². The second-order valence-corrected chi connectivity index (χ2v) is 8.38. The van der Waals surface area contributed by atoms with Crippen LogP contribution in [0.15, 0.2) is 11.1 Å². The van der Waals surface area contributed by atoms with Crippen LogP contribution in [0.3, 0.4) is 0 Å². The van der Waals surface area contributed by atoms with Gasteiger partial charge in [0, 0.05) is 24.5 Å². The average Bonchev–Trinajstić information content (AvgIpc) is 2.94. The molecule has 3 rings (SSSR count). The van der Waals surface area contributed by atoms with Crippen LogP contribution in [-0.4, -0.2) is 46.0 Å². The number of aromatic nitrogens is 2. The van der Waals surface area contributed by atoms with Crippen molar-refractivity contribution >= 4 is 33.4 Å². The largest absolute Gasteiger partial charge is 0.456 e. The first-order valence-corrected chi connectivity index (χ1v) is 10.1. The van der Waals surface area contributed by atoms with Gasteiger partial charge in [0.1, 0.15) is 4.83 Å². The van der Waals surface area contributed by atoms with E-state index >= 15 is 0 Å². The lowest BCUT2D eigenvalue weighted by atomic mass is 9.99. The molecule has 1 aliphatic rings. The van der Waals surface area contributed by atoms with Crippen molar-refractivity contribution in [1.29, 1.82) is 0 Å². The van der Waals surface area contributed by atoms with Gasteiger partial charge in [0.05, 0.1) is 18.1 Å². The van der Waals surface area contributed by atoms with Crippen LogP contribution in [0.2, 0.25) is 0 Å². The van der Waals surface area contributed by atoms with Gasteiger partial charge in [0.25, 0.3) is 11.5 Å². The van der Waals surface area contributed by atoms with Crippen molar-refractivity contribution in [1.82, 2.24) is 14.5 Å². The first-order chi connectivity index (χ1) is 12.9. The number of rotatable bonds is 5. The lowest BCUT2D eigenvalue weighted by Crippen LogP contribution is -2.40. The number of thiophene rings is 1. The van der Waals surface area contributed by atoms with Crippen LogP contribution in [0, 0.1) is 19.8 Å². The van der Waals surface area contributed by atoms with E-state index in [0.29, 0.717) is 11.3 Å². The standard InChI is InChI=1S/C19H25N3O4S/c1-12-4-7-21(8-5-12)15(23)10-26-16(24)6-9-22-11-20-18-17(19(22)25)13(2)14(3)27-18/h11-12H,4-10H2,1-3H3. The number of nitrogens with zero attached hydrogens (tertiary/aromatic N) is 3. The number of piperidine rings is 1. The van der Waals surface area contributed by atoms with Crippen LogP contribution in [-0.2, 0) is 20.9 Å². The Morgan fingerprint density at radius 1 is 1.30 bits per heavy atom. The van der Waals surface area contributed by atoms with E-state index < -0.39 is 5.97 Å². The van der Waals surface area contributed by atoms with Crippen LogP contribution in [0.1, 0.15) is 36.6 Å². The summed E-state index contributed by atoms with van der Waals surface area (Å²) in [4.78, 5) is 44.5. The first kappa shape index (κ1) is 19.5. The maximum Gasteiger partial charge on any atom is 0.308 e. The van der Waals surface area contributed by atoms with Crippen LogP contribution >= 0.6 is 11.3 Å². The van der Waals surface area contributed by atoms with Crippen LogP contribution < -0.4 is 5.56 Å². The Morgan fingerprint density at radius 3 is 2.70 bits per heavy atom. The molecule has 0 aromatic carbocycles. The monoisotopic (exact) mass is 391 g/mol. The summed E-state index contributed by atoms with van der Waals surface area (Å²) >= 11 is 1.49. The van der Waals surface area contributed by atoms with Gasteiger partial charge in [-0.2, -0.15) is 0 Å². The minimum atomic E-state index is -0.487. The second kappa shape index (κ2) is 8.21. The highest BCUT2D eigenvalue weighted by atomic mass is 32.1. The lowest BCUT2D eigenvalue weighted by Gasteiger charge is -2.30. The van der Waals surface area contributed by atoms with E-state index in [1.54, 1.807) is 4.90 Å². The van der Waals surface area contributed by atoms with Gasteiger partial charge in [-0.05, 0) is 38.2 Å². The number of amides is 1. The number of carbonyl (C=O) groups excluding carboxylic acids is 2. The first-order valence-electron chi connectivity index (χ1n) is 9.25. The SMILES string of the molecule is Cc1sc2ncn(CCC(=O)OCC(=O)N3CCC(C)CC3)c(=O)c2c1C. The fraction of sp³-hybridized carbons (Fsp3) is 0.579. The molecule has 1 fully saturated rings. The van der Waals surface area contributed by atoms with Crippen molar-refractivity contribution in [2.75, 3.05) is 19.7 Å². The number of ether oxygens (including phenoxy) is 1. The molecular weight excluding hydrogens is 366 g/mol. The fourth-order valence-electron chi connectivity index (χ4n) is 3.20. The zero-order chi connectivity index (χ0) is 19.6. The summed E-state index contributed by atoms with van der Waals surface area (Å²) < 4.78 is 6.52. The molecule has 1 saturated heterocycles. The van der Waals surface area contributed by atoms with Crippen molar-refractivity contribution in [3.8, 4) is 0 Å². The van der Waals surface area contributed by atoms with Gasteiger partial charge < -0.3 is 9.64 Å². The normalized spacial score (nSPS) is 15.3. The molecule has 0 saturated carbocycles. The molecule has 7 nitrogen and oxygen atoms in total. The molecule has 0 unspecified atom stereocenters. The molecule has 2 aromatic rings. The predicted octanol–water partition coefficient (Wildman–Crippen LogP) is 2.27. The smallest absolute Gasteiger partial charge is 0.308 e. The zero-order valence-corrected chi connectivity index (χ0v) is 16.8. The molecule has 0 atom stereocenters. The third-order valence-electron chi connectivity index (χ3n) is 5.21. The van der Waals surface area contributed by atoms with Crippen molar-refractivity contribution in [2.45, 2.75) is 46.6 Å². The number of hydrogen-bond acceptors (Lipinski definition) is 6. The highest BCUT2D eigenvalue weighted by molar-refractivity contribution is 7.18. The van der Waals surface area contributed by atoms with Gasteiger partial charge in [-0.3, -0.25) is 19.0 Å².